The van der Waals surface area contributed by atoms with E-state index in [1.807, 2.05) is 12.1 Å². The highest BCUT2D eigenvalue weighted by Crippen LogP contribution is 2.21. The predicted molar refractivity (Wildman–Crippen MR) is 68.2 cm³/mol. The Kier molecular flexibility index (Phi) is 4.24. The SMILES string of the molecule is N#Cc1ccc(NCCC2CCCO2)cc1Cl. The van der Waals surface area contributed by atoms with Crippen molar-refractivity contribution >= 4 is 17.3 Å². The number of nitrogens with one attached hydrogen (secondary N) is 1. The van der Waals surface area contributed by atoms with Crippen molar-refractivity contribution in [3.8, 4) is 6.07 Å². The van der Waals surface area contributed by atoms with Crippen LogP contribution in [0.5, 0.6) is 0 Å². The lowest BCUT2D eigenvalue weighted by molar-refractivity contribution is 0.107. The Morgan fingerprint density at radius 2 is 2.41 bits per heavy atom. The van der Waals surface area contributed by atoms with Gasteiger partial charge in [0.2, 0.25) is 0 Å². The molecule has 0 radical (unpaired) electrons. The molecule has 1 aliphatic heterocycles. The van der Waals surface area contributed by atoms with E-state index in [1.54, 1.807) is 12.1 Å². The van der Waals surface area contributed by atoms with Crippen molar-refractivity contribution in [3.05, 3.63) is 28.8 Å². The maximum Gasteiger partial charge on any atom is 0.101 e. The topological polar surface area (TPSA) is 45.0 Å². The van der Waals surface area contributed by atoms with Crippen molar-refractivity contribution in [2.45, 2.75) is 25.4 Å². The molecular formula is C13H15ClN2O. The number of nitriles is 1. The molecule has 17 heavy (non-hydrogen) atoms. The number of nitrogens with zero attached hydrogens (tertiary/aromatic N) is 1. The van der Waals surface area contributed by atoms with E-state index in [4.69, 9.17) is 21.6 Å². The second kappa shape index (κ2) is 5.90. The van der Waals surface area contributed by atoms with Crippen molar-refractivity contribution in [1.29, 1.82) is 5.26 Å². The molecule has 0 aliphatic carbocycles. The molecule has 0 saturated carbocycles. The molecular weight excluding hydrogens is 236 g/mol. The van der Waals surface area contributed by atoms with E-state index in [0.29, 0.717) is 16.7 Å². The minimum atomic E-state index is 0.399. The summed E-state index contributed by atoms with van der Waals surface area (Å²) in [6.45, 7) is 1.76. The van der Waals surface area contributed by atoms with Gasteiger partial charge in [0.1, 0.15) is 6.07 Å². The van der Waals surface area contributed by atoms with Gasteiger partial charge in [-0.1, -0.05) is 11.6 Å². The normalized spacial score (nSPS) is 18.9. The molecule has 1 heterocycles. The lowest BCUT2D eigenvalue weighted by atomic mass is 10.2. The van der Waals surface area contributed by atoms with Crippen LogP contribution in [0, 0.1) is 11.3 Å². The lowest BCUT2D eigenvalue weighted by Crippen LogP contribution is -2.12. The Morgan fingerprint density at radius 3 is 3.06 bits per heavy atom. The van der Waals surface area contributed by atoms with Crippen LogP contribution in [0.2, 0.25) is 5.02 Å². The first kappa shape index (κ1) is 12.2. The van der Waals surface area contributed by atoms with E-state index in [0.717, 1.165) is 31.7 Å². The monoisotopic (exact) mass is 250 g/mol. The summed E-state index contributed by atoms with van der Waals surface area (Å²) < 4.78 is 5.54. The summed E-state index contributed by atoms with van der Waals surface area (Å²) in [4.78, 5) is 0. The van der Waals surface area contributed by atoms with Gasteiger partial charge in [0.15, 0.2) is 0 Å². The van der Waals surface area contributed by atoms with Gasteiger partial charge >= 0.3 is 0 Å². The quantitative estimate of drug-likeness (QED) is 0.893. The maximum absolute atomic E-state index is 8.76. The molecule has 1 N–H and O–H groups in total. The van der Waals surface area contributed by atoms with E-state index in [1.165, 1.54) is 6.42 Å². The number of benzene rings is 1. The second-order valence-corrected chi connectivity index (χ2v) is 4.56. The third-order valence-electron chi connectivity index (χ3n) is 2.91. The van der Waals surface area contributed by atoms with E-state index in [9.17, 15) is 0 Å². The van der Waals surface area contributed by atoms with Gasteiger partial charge in [0, 0.05) is 18.8 Å². The first-order valence-electron chi connectivity index (χ1n) is 5.85. The van der Waals surface area contributed by atoms with Crippen LogP contribution in [0.3, 0.4) is 0 Å². The highest BCUT2D eigenvalue weighted by molar-refractivity contribution is 6.32. The standard InChI is InChI=1S/C13H15ClN2O/c14-13-8-11(4-3-10(13)9-15)16-6-5-12-2-1-7-17-12/h3-4,8,12,16H,1-2,5-7H2. The minimum absolute atomic E-state index is 0.399. The second-order valence-electron chi connectivity index (χ2n) is 4.16. The van der Waals surface area contributed by atoms with Gasteiger partial charge in [0.05, 0.1) is 16.7 Å². The van der Waals surface area contributed by atoms with Gasteiger partial charge in [-0.25, -0.2) is 0 Å². The van der Waals surface area contributed by atoms with Crippen molar-refractivity contribution < 1.29 is 4.74 Å². The molecule has 3 nitrogen and oxygen atoms in total. The maximum atomic E-state index is 8.76. The van der Waals surface area contributed by atoms with Crippen LogP contribution in [0.15, 0.2) is 18.2 Å². The van der Waals surface area contributed by atoms with E-state index >= 15 is 0 Å². The Balaban J connectivity index is 1.82. The summed E-state index contributed by atoms with van der Waals surface area (Å²) >= 11 is 5.95. The summed E-state index contributed by atoms with van der Waals surface area (Å²) in [5.41, 5.74) is 1.46. The number of hydrogen-bond donors (Lipinski definition) is 1. The fraction of sp³-hybridized carbons (Fsp3) is 0.462. The molecule has 1 aromatic carbocycles. The van der Waals surface area contributed by atoms with Crippen LogP contribution in [0.25, 0.3) is 0 Å². The van der Waals surface area contributed by atoms with E-state index < -0.39 is 0 Å². The Labute approximate surface area is 106 Å². The van der Waals surface area contributed by atoms with Crippen molar-refractivity contribution in [1.82, 2.24) is 0 Å². The molecule has 0 bridgehead atoms. The Bertz CT molecular complexity index is 422. The minimum Gasteiger partial charge on any atom is -0.385 e. The summed E-state index contributed by atoms with van der Waals surface area (Å²) in [5.74, 6) is 0. The molecule has 1 aromatic rings. The van der Waals surface area contributed by atoms with Crippen LogP contribution in [0.4, 0.5) is 5.69 Å². The molecule has 0 aromatic heterocycles. The molecule has 1 fully saturated rings. The summed E-state index contributed by atoms with van der Waals surface area (Å²) in [5, 5.41) is 12.5. The molecule has 0 spiro atoms. The van der Waals surface area contributed by atoms with Crippen LogP contribution in [0.1, 0.15) is 24.8 Å². The van der Waals surface area contributed by atoms with Crippen LogP contribution in [-0.2, 0) is 4.74 Å². The van der Waals surface area contributed by atoms with Gasteiger partial charge < -0.3 is 10.1 Å². The molecule has 1 unspecified atom stereocenters. The zero-order chi connectivity index (χ0) is 12.1. The predicted octanol–water partition coefficient (Wildman–Crippen LogP) is 3.19. The lowest BCUT2D eigenvalue weighted by Gasteiger charge is -2.11. The summed E-state index contributed by atoms with van der Waals surface area (Å²) in [7, 11) is 0. The highest BCUT2D eigenvalue weighted by Gasteiger charge is 2.14. The number of ether oxygens (including phenoxy) is 1. The smallest absolute Gasteiger partial charge is 0.101 e. The fourth-order valence-electron chi connectivity index (χ4n) is 1.97. The summed E-state index contributed by atoms with van der Waals surface area (Å²) in [6.07, 6.45) is 3.75. The highest BCUT2D eigenvalue weighted by atomic mass is 35.5. The van der Waals surface area contributed by atoms with Crippen molar-refractivity contribution in [3.63, 3.8) is 0 Å². The first-order chi connectivity index (χ1) is 8.29. The molecule has 1 atom stereocenters. The number of halogens is 1. The number of hydrogen-bond acceptors (Lipinski definition) is 3. The van der Waals surface area contributed by atoms with Gasteiger partial charge in [0.25, 0.3) is 0 Å². The van der Waals surface area contributed by atoms with E-state index in [2.05, 4.69) is 5.32 Å². The van der Waals surface area contributed by atoms with Gasteiger partial charge in [-0.2, -0.15) is 5.26 Å². The van der Waals surface area contributed by atoms with Crippen LogP contribution >= 0.6 is 11.6 Å². The third-order valence-corrected chi connectivity index (χ3v) is 3.22. The third kappa shape index (κ3) is 3.36. The van der Waals surface area contributed by atoms with Gasteiger partial charge in [-0.15, -0.1) is 0 Å². The van der Waals surface area contributed by atoms with Crippen molar-refractivity contribution in [2.75, 3.05) is 18.5 Å². The molecule has 90 valence electrons. The molecule has 0 amide bonds. The van der Waals surface area contributed by atoms with Crippen LogP contribution in [-0.4, -0.2) is 19.3 Å². The first-order valence-corrected chi connectivity index (χ1v) is 6.22. The number of rotatable bonds is 4. The van der Waals surface area contributed by atoms with Crippen LogP contribution < -0.4 is 5.32 Å². The zero-order valence-corrected chi connectivity index (χ0v) is 10.3. The number of anilines is 1. The fourth-order valence-corrected chi connectivity index (χ4v) is 2.19. The van der Waals surface area contributed by atoms with E-state index in [-0.39, 0.29) is 0 Å². The average molecular weight is 251 g/mol. The zero-order valence-electron chi connectivity index (χ0n) is 9.58. The average Bonchev–Trinajstić information content (AvgIpc) is 2.82. The molecule has 4 heteroatoms. The molecule has 1 saturated heterocycles. The van der Waals surface area contributed by atoms with Gasteiger partial charge in [-0.05, 0) is 37.5 Å². The largest absolute Gasteiger partial charge is 0.385 e. The summed E-state index contributed by atoms with van der Waals surface area (Å²) in [6, 6.07) is 7.44. The Morgan fingerprint density at radius 1 is 1.53 bits per heavy atom. The Hall–Kier alpha value is -1.24. The molecule has 1 aliphatic rings. The molecule has 2 rings (SSSR count). The van der Waals surface area contributed by atoms with Crippen molar-refractivity contribution in [2.24, 2.45) is 0 Å². The van der Waals surface area contributed by atoms with Gasteiger partial charge in [-0.3, -0.25) is 0 Å².